The topological polar surface area (TPSA) is 112 Å². The van der Waals surface area contributed by atoms with Gasteiger partial charge in [0.15, 0.2) is 0 Å². The van der Waals surface area contributed by atoms with Crippen molar-refractivity contribution < 1.29 is 24.3 Å². The largest absolute Gasteiger partial charge is 0.426 e. The van der Waals surface area contributed by atoms with Crippen molar-refractivity contribution in [2.24, 2.45) is 5.92 Å². The maximum absolute atomic E-state index is 13.5. The molecule has 0 radical (unpaired) electrons. The SMILES string of the molecule is CC(C)C(=O)Oc1ccccc1C=CC(=O)N(CCc1c[nH]c2ccccc12)Cc1ccc(C=CC(=O)NO)cc1. The number of esters is 1. The molecule has 3 aromatic carbocycles. The number of benzene rings is 3. The van der Waals surface area contributed by atoms with Gasteiger partial charge in [-0.05, 0) is 47.4 Å². The Morgan fingerprint density at radius 1 is 0.951 bits per heavy atom. The molecule has 1 heterocycles. The molecule has 8 heteroatoms. The number of nitrogens with one attached hydrogen (secondary N) is 2. The highest BCUT2D eigenvalue weighted by molar-refractivity contribution is 5.93. The van der Waals surface area contributed by atoms with Gasteiger partial charge in [0.2, 0.25) is 5.91 Å². The number of nitrogens with zero attached hydrogens (tertiary/aromatic N) is 1. The van der Waals surface area contributed by atoms with Crippen molar-refractivity contribution in [2.45, 2.75) is 26.8 Å². The third-order valence-electron chi connectivity index (χ3n) is 6.53. The number of amides is 2. The number of aromatic amines is 1. The fourth-order valence-electron chi connectivity index (χ4n) is 4.23. The number of carbonyl (C=O) groups excluding carboxylic acids is 3. The monoisotopic (exact) mass is 551 g/mol. The van der Waals surface area contributed by atoms with Crippen molar-refractivity contribution in [1.29, 1.82) is 0 Å². The summed E-state index contributed by atoms with van der Waals surface area (Å²) in [6, 6.07) is 22.6. The van der Waals surface area contributed by atoms with E-state index in [1.165, 1.54) is 12.2 Å². The second kappa shape index (κ2) is 13.9. The van der Waals surface area contributed by atoms with Crippen LogP contribution in [0.25, 0.3) is 23.1 Å². The third-order valence-corrected chi connectivity index (χ3v) is 6.53. The number of hydrogen-bond acceptors (Lipinski definition) is 5. The number of H-pyrrole nitrogens is 1. The molecule has 0 aliphatic heterocycles. The lowest BCUT2D eigenvalue weighted by Gasteiger charge is -2.22. The minimum absolute atomic E-state index is 0.182. The van der Waals surface area contributed by atoms with E-state index in [2.05, 4.69) is 11.1 Å². The van der Waals surface area contributed by atoms with E-state index in [1.54, 1.807) is 54.6 Å². The van der Waals surface area contributed by atoms with Crippen LogP contribution in [0.15, 0.2) is 91.1 Å². The molecular formula is C33H33N3O5. The van der Waals surface area contributed by atoms with Crippen LogP contribution >= 0.6 is 0 Å². The van der Waals surface area contributed by atoms with Gasteiger partial charge in [0.25, 0.3) is 5.91 Å². The summed E-state index contributed by atoms with van der Waals surface area (Å²) in [7, 11) is 0. The van der Waals surface area contributed by atoms with Gasteiger partial charge in [0, 0.05) is 47.9 Å². The second-order valence-corrected chi connectivity index (χ2v) is 9.87. The molecule has 4 rings (SSSR count). The summed E-state index contributed by atoms with van der Waals surface area (Å²) in [6.07, 6.45) is 8.62. The minimum Gasteiger partial charge on any atom is -0.426 e. The first-order valence-corrected chi connectivity index (χ1v) is 13.4. The lowest BCUT2D eigenvalue weighted by molar-refractivity contribution is -0.137. The quantitative estimate of drug-likeness (QED) is 0.0746. The van der Waals surface area contributed by atoms with Gasteiger partial charge in [0.05, 0.1) is 5.92 Å². The molecule has 1 aromatic heterocycles. The van der Waals surface area contributed by atoms with Crippen LogP contribution in [0.4, 0.5) is 0 Å². The van der Waals surface area contributed by atoms with Crippen molar-refractivity contribution >= 4 is 40.8 Å². The summed E-state index contributed by atoms with van der Waals surface area (Å²) in [5.41, 5.74) is 6.06. The summed E-state index contributed by atoms with van der Waals surface area (Å²) >= 11 is 0. The first-order valence-electron chi connectivity index (χ1n) is 13.4. The maximum Gasteiger partial charge on any atom is 0.313 e. The first kappa shape index (κ1) is 29.0. The Hall–Kier alpha value is -4.95. The van der Waals surface area contributed by atoms with Crippen LogP contribution in [0, 0.1) is 5.92 Å². The van der Waals surface area contributed by atoms with Crippen molar-refractivity contribution in [3.05, 3.63) is 113 Å². The lowest BCUT2D eigenvalue weighted by atomic mass is 10.1. The van der Waals surface area contributed by atoms with Gasteiger partial charge < -0.3 is 14.6 Å². The Morgan fingerprint density at radius 3 is 2.44 bits per heavy atom. The number of aromatic nitrogens is 1. The summed E-state index contributed by atoms with van der Waals surface area (Å²) < 4.78 is 5.52. The van der Waals surface area contributed by atoms with Gasteiger partial charge >= 0.3 is 5.97 Å². The van der Waals surface area contributed by atoms with Crippen LogP contribution in [-0.4, -0.2) is 39.4 Å². The van der Waals surface area contributed by atoms with Crippen molar-refractivity contribution in [3.8, 4) is 5.75 Å². The Bertz CT molecular complexity index is 1570. The smallest absolute Gasteiger partial charge is 0.313 e. The molecule has 2 amide bonds. The highest BCUT2D eigenvalue weighted by atomic mass is 16.5. The molecule has 0 spiro atoms. The third kappa shape index (κ3) is 8.03. The van der Waals surface area contributed by atoms with Crippen LogP contribution in [0.5, 0.6) is 5.75 Å². The number of carbonyl (C=O) groups is 3. The highest BCUT2D eigenvalue weighted by Gasteiger charge is 2.15. The first-order chi connectivity index (χ1) is 19.8. The molecule has 4 aromatic rings. The standard InChI is InChI=1S/C33H33N3O5/c1-23(2)33(39)41-30-10-6-3-7-26(30)16-18-32(38)36(20-19-27-21-34-29-9-5-4-8-28(27)29)22-25-13-11-24(12-14-25)15-17-31(37)35-40/h3-18,21,23,34,40H,19-20,22H2,1-2H3,(H,35,37). The highest BCUT2D eigenvalue weighted by Crippen LogP contribution is 2.22. The fraction of sp³-hybridized carbons (Fsp3) is 0.182. The Balaban J connectivity index is 1.54. The molecule has 3 N–H and O–H groups in total. The van der Waals surface area contributed by atoms with Gasteiger partial charge in [0.1, 0.15) is 5.75 Å². The van der Waals surface area contributed by atoms with Crippen LogP contribution in [-0.2, 0) is 27.3 Å². The maximum atomic E-state index is 13.5. The fourth-order valence-corrected chi connectivity index (χ4v) is 4.23. The van der Waals surface area contributed by atoms with Gasteiger partial charge in [-0.25, -0.2) is 5.48 Å². The molecular weight excluding hydrogens is 518 g/mol. The zero-order valence-electron chi connectivity index (χ0n) is 23.0. The minimum atomic E-state index is -0.615. The Morgan fingerprint density at radius 2 is 1.68 bits per heavy atom. The average molecular weight is 552 g/mol. The predicted octanol–water partition coefficient (Wildman–Crippen LogP) is 5.53. The van der Waals surface area contributed by atoms with E-state index in [0.29, 0.717) is 30.8 Å². The predicted molar refractivity (Wildman–Crippen MR) is 159 cm³/mol. The summed E-state index contributed by atoms with van der Waals surface area (Å²) in [6.45, 7) is 4.39. The molecule has 8 nitrogen and oxygen atoms in total. The molecule has 0 bridgehead atoms. The number of rotatable bonds is 11. The average Bonchev–Trinajstić information content (AvgIpc) is 3.41. The van der Waals surface area contributed by atoms with Crippen LogP contribution in [0.3, 0.4) is 0 Å². The molecule has 41 heavy (non-hydrogen) atoms. The van der Waals surface area contributed by atoms with Gasteiger partial charge in [-0.3, -0.25) is 19.6 Å². The van der Waals surface area contributed by atoms with Crippen molar-refractivity contribution in [2.75, 3.05) is 6.54 Å². The molecule has 0 aliphatic carbocycles. The van der Waals surface area contributed by atoms with E-state index in [4.69, 9.17) is 9.94 Å². The van der Waals surface area contributed by atoms with E-state index in [-0.39, 0.29) is 17.8 Å². The molecule has 0 saturated carbocycles. The zero-order valence-corrected chi connectivity index (χ0v) is 23.0. The van der Waals surface area contributed by atoms with Crippen LogP contribution in [0.2, 0.25) is 0 Å². The number of para-hydroxylation sites is 2. The Labute approximate surface area is 238 Å². The molecule has 0 fully saturated rings. The van der Waals surface area contributed by atoms with Crippen molar-refractivity contribution in [1.82, 2.24) is 15.4 Å². The number of fused-ring (bicyclic) bond motifs is 1. The van der Waals surface area contributed by atoms with Gasteiger partial charge in [-0.2, -0.15) is 0 Å². The summed E-state index contributed by atoms with van der Waals surface area (Å²) in [5, 5.41) is 9.78. The number of hydrogen-bond donors (Lipinski definition) is 3. The van der Waals surface area contributed by atoms with E-state index in [1.807, 2.05) is 54.7 Å². The van der Waals surface area contributed by atoms with Gasteiger partial charge in [-0.1, -0.05) is 74.5 Å². The summed E-state index contributed by atoms with van der Waals surface area (Å²) in [4.78, 5) is 42.0. The normalized spacial score (nSPS) is 11.4. The van der Waals surface area contributed by atoms with Crippen LogP contribution < -0.4 is 10.2 Å². The van der Waals surface area contributed by atoms with E-state index in [9.17, 15) is 14.4 Å². The molecule has 0 saturated heterocycles. The Kier molecular flexibility index (Phi) is 9.85. The lowest BCUT2D eigenvalue weighted by Crippen LogP contribution is -2.31. The van der Waals surface area contributed by atoms with Crippen molar-refractivity contribution in [3.63, 3.8) is 0 Å². The van der Waals surface area contributed by atoms with Gasteiger partial charge in [-0.15, -0.1) is 0 Å². The number of hydroxylamine groups is 1. The summed E-state index contributed by atoms with van der Waals surface area (Å²) in [5.74, 6) is -1.01. The van der Waals surface area contributed by atoms with E-state index >= 15 is 0 Å². The molecule has 0 unspecified atom stereocenters. The second-order valence-electron chi connectivity index (χ2n) is 9.87. The zero-order chi connectivity index (χ0) is 29.2. The van der Waals surface area contributed by atoms with E-state index < -0.39 is 5.91 Å². The van der Waals surface area contributed by atoms with Crippen LogP contribution in [0.1, 0.15) is 36.1 Å². The molecule has 210 valence electrons. The molecule has 0 atom stereocenters. The van der Waals surface area contributed by atoms with E-state index in [0.717, 1.165) is 27.6 Å². The number of ether oxygens (including phenoxy) is 1. The molecule has 0 aliphatic rings.